The highest BCUT2D eigenvalue weighted by Crippen LogP contribution is 2.42. The van der Waals surface area contributed by atoms with E-state index in [2.05, 4.69) is 41.5 Å². The Morgan fingerprint density at radius 1 is 0.857 bits per heavy atom. The Morgan fingerprint density at radius 2 is 1.54 bits per heavy atom. The summed E-state index contributed by atoms with van der Waals surface area (Å²) in [6.45, 7) is 13.9. The van der Waals surface area contributed by atoms with Crippen molar-refractivity contribution in [2.45, 2.75) is 106 Å². The third kappa shape index (κ3) is 6.77. The van der Waals surface area contributed by atoms with E-state index in [0.29, 0.717) is 5.92 Å². The number of aliphatic carboxylic acids is 1. The summed E-state index contributed by atoms with van der Waals surface area (Å²) in [6.07, 6.45) is 13.4. The van der Waals surface area contributed by atoms with Crippen LogP contribution in [0.2, 0.25) is 0 Å². The molecule has 2 saturated carbocycles. The fourth-order valence-corrected chi connectivity index (χ4v) is 6.47. The zero-order chi connectivity index (χ0) is 20.8. The van der Waals surface area contributed by atoms with Gasteiger partial charge in [-0.05, 0) is 85.9 Å². The zero-order valence-corrected chi connectivity index (χ0v) is 19.6. The number of hydrogen-bond acceptors (Lipinski definition) is 1. The monoisotopic (exact) mass is 392 g/mol. The van der Waals surface area contributed by atoms with E-state index in [1.165, 1.54) is 51.4 Å². The largest absolute Gasteiger partial charge is 0.481 e. The number of rotatable bonds is 11. The van der Waals surface area contributed by atoms with Crippen LogP contribution in [-0.2, 0) is 4.79 Å². The molecule has 2 heteroatoms. The minimum absolute atomic E-state index is 0.138. The van der Waals surface area contributed by atoms with E-state index in [0.717, 1.165) is 48.3 Å². The smallest absolute Gasteiger partial charge is 0.307 e. The highest BCUT2D eigenvalue weighted by molar-refractivity contribution is 5.70. The van der Waals surface area contributed by atoms with Crippen molar-refractivity contribution in [1.29, 1.82) is 0 Å². The Balaban J connectivity index is 1.76. The molecular weight excluding hydrogens is 344 g/mol. The van der Waals surface area contributed by atoms with Crippen molar-refractivity contribution in [1.82, 2.24) is 0 Å². The lowest BCUT2D eigenvalue weighted by Gasteiger charge is -2.26. The molecule has 0 saturated heterocycles. The third-order valence-corrected chi connectivity index (χ3v) is 8.51. The van der Waals surface area contributed by atoms with Gasteiger partial charge in [-0.25, -0.2) is 0 Å². The minimum atomic E-state index is -0.573. The maximum Gasteiger partial charge on any atom is 0.307 e. The van der Waals surface area contributed by atoms with Gasteiger partial charge in [0.05, 0.1) is 5.92 Å². The van der Waals surface area contributed by atoms with Crippen LogP contribution in [0.5, 0.6) is 0 Å². The van der Waals surface area contributed by atoms with Gasteiger partial charge < -0.3 is 5.11 Å². The summed E-state index contributed by atoms with van der Waals surface area (Å²) in [5.41, 5.74) is 0. The van der Waals surface area contributed by atoms with Crippen LogP contribution < -0.4 is 0 Å². The minimum Gasteiger partial charge on any atom is -0.481 e. The second kappa shape index (κ2) is 11.0. The van der Waals surface area contributed by atoms with Crippen molar-refractivity contribution in [3.05, 3.63) is 0 Å². The average molecular weight is 393 g/mol. The summed E-state index contributed by atoms with van der Waals surface area (Å²) in [5.74, 6) is 5.15. The van der Waals surface area contributed by atoms with Gasteiger partial charge in [-0.3, -0.25) is 4.79 Å². The summed E-state index contributed by atoms with van der Waals surface area (Å²) in [6, 6.07) is 0. The molecule has 2 nitrogen and oxygen atoms in total. The number of carboxylic acids is 1. The Kier molecular flexibility index (Phi) is 9.35. The van der Waals surface area contributed by atoms with Crippen molar-refractivity contribution < 1.29 is 9.90 Å². The Bertz CT molecular complexity index is 469. The predicted octanol–water partition coefficient (Wildman–Crippen LogP) is 7.66. The van der Waals surface area contributed by atoms with Crippen LogP contribution in [0.3, 0.4) is 0 Å². The van der Waals surface area contributed by atoms with Gasteiger partial charge in [-0.2, -0.15) is 0 Å². The van der Waals surface area contributed by atoms with Gasteiger partial charge in [0.25, 0.3) is 0 Å². The fraction of sp³-hybridized carbons (Fsp3) is 0.962. The number of carbonyl (C=O) groups is 1. The quantitative estimate of drug-likeness (QED) is 0.392. The molecule has 0 bridgehead atoms. The molecule has 2 aliphatic carbocycles. The molecule has 0 aromatic heterocycles. The molecule has 164 valence electrons. The van der Waals surface area contributed by atoms with Gasteiger partial charge in [0.15, 0.2) is 0 Å². The molecule has 0 aliphatic heterocycles. The Morgan fingerprint density at radius 3 is 2.07 bits per heavy atom. The first kappa shape index (κ1) is 23.7. The molecule has 0 amide bonds. The number of carboxylic acid groups (broad SMARTS) is 1. The molecule has 0 aromatic rings. The van der Waals surface area contributed by atoms with Crippen LogP contribution in [0.15, 0.2) is 0 Å². The van der Waals surface area contributed by atoms with Crippen molar-refractivity contribution in [2.75, 3.05) is 0 Å². The van der Waals surface area contributed by atoms with Crippen LogP contribution >= 0.6 is 0 Å². The van der Waals surface area contributed by atoms with Crippen molar-refractivity contribution >= 4 is 5.97 Å². The summed E-state index contributed by atoms with van der Waals surface area (Å²) in [7, 11) is 0. The summed E-state index contributed by atoms with van der Waals surface area (Å²) in [4.78, 5) is 11.7. The first-order chi connectivity index (χ1) is 13.2. The van der Waals surface area contributed by atoms with Crippen LogP contribution in [0, 0.1) is 53.3 Å². The lowest BCUT2D eigenvalue weighted by Crippen LogP contribution is -2.27. The van der Waals surface area contributed by atoms with Crippen LogP contribution in [0.25, 0.3) is 0 Å². The van der Waals surface area contributed by atoms with Crippen molar-refractivity contribution in [2.24, 2.45) is 53.3 Å². The average Bonchev–Trinajstić information content (AvgIpc) is 3.23. The molecule has 0 aromatic carbocycles. The SMILES string of the molecule is CC1CCC(C(C)CCC(CCC2CCC(C(C(=O)O)C(C)C)C2)C(C)C)C1. The van der Waals surface area contributed by atoms with Gasteiger partial charge in [-0.15, -0.1) is 0 Å². The second-order valence-corrected chi connectivity index (χ2v) is 11.4. The third-order valence-electron chi connectivity index (χ3n) is 8.51. The highest BCUT2D eigenvalue weighted by Gasteiger charge is 2.36. The fourth-order valence-electron chi connectivity index (χ4n) is 6.47. The topological polar surface area (TPSA) is 37.3 Å². The normalized spacial score (nSPS) is 31.4. The van der Waals surface area contributed by atoms with E-state index in [1.54, 1.807) is 0 Å². The first-order valence-electron chi connectivity index (χ1n) is 12.4. The molecule has 1 N–H and O–H groups in total. The van der Waals surface area contributed by atoms with Gasteiger partial charge in [0.1, 0.15) is 0 Å². The van der Waals surface area contributed by atoms with Gasteiger partial charge in [-0.1, -0.05) is 67.2 Å². The molecule has 7 unspecified atom stereocenters. The van der Waals surface area contributed by atoms with Gasteiger partial charge in [0.2, 0.25) is 0 Å². The maximum absolute atomic E-state index is 11.7. The van der Waals surface area contributed by atoms with Crippen LogP contribution in [0.4, 0.5) is 0 Å². The van der Waals surface area contributed by atoms with Crippen molar-refractivity contribution in [3.8, 4) is 0 Å². The van der Waals surface area contributed by atoms with Gasteiger partial charge in [0, 0.05) is 0 Å². The molecular formula is C26H48O2. The maximum atomic E-state index is 11.7. The molecule has 0 radical (unpaired) electrons. The summed E-state index contributed by atoms with van der Waals surface area (Å²) >= 11 is 0. The first-order valence-corrected chi connectivity index (χ1v) is 12.4. The van der Waals surface area contributed by atoms with Crippen molar-refractivity contribution in [3.63, 3.8) is 0 Å². The Labute approximate surface area is 175 Å². The predicted molar refractivity (Wildman–Crippen MR) is 119 cm³/mol. The summed E-state index contributed by atoms with van der Waals surface area (Å²) in [5, 5.41) is 9.61. The molecule has 7 atom stereocenters. The van der Waals surface area contributed by atoms with E-state index >= 15 is 0 Å². The zero-order valence-electron chi connectivity index (χ0n) is 19.6. The molecule has 28 heavy (non-hydrogen) atoms. The molecule has 0 spiro atoms. The molecule has 2 fully saturated rings. The lowest BCUT2D eigenvalue weighted by atomic mass is 9.79. The van der Waals surface area contributed by atoms with E-state index in [9.17, 15) is 9.90 Å². The van der Waals surface area contributed by atoms with E-state index in [1.807, 2.05) is 0 Å². The van der Waals surface area contributed by atoms with Crippen LogP contribution in [0.1, 0.15) is 106 Å². The van der Waals surface area contributed by atoms with Gasteiger partial charge >= 0.3 is 5.97 Å². The summed E-state index contributed by atoms with van der Waals surface area (Å²) < 4.78 is 0. The van der Waals surface area contributed by atoms with E-state index < -0.39 is 5.97 Å². The molecule has 2 aliphatic rings. The standard InChI is InChI=1S/C26H48O2/c1-17(2)22(12-8-20(6)23-11-7-19(5)15-23)13-9-21-10-14-24(16-21)25(18(3)4)26(27)28/h17-25H,7-16H2,1-6H3,(H,27,28). The number of hydrogen-bond donors (Lipinski definition) is 1. The molecule has 0 heterocycles. The van der Waals surface area contributed by atoms with E-state index in [4.69, 9.17) is 0 Å². The Hall–Kier alpha value is -0.530. The van der Waals surface area contributed by atoms with Crippen LogP contribution in [-0.4, -0.2) is 11.1 Å². The van der Waals surface area contributed by atoms with E-state index in [-0.39, 0.29) is 11.8 Å². The highest BCUT2D eigenvalue weighted by atomic mass is 16.4. The molecule has 2 rings (SSSR count). The lowest BCUT2D eigenvalue weighted by molar-refractivity contribution is -0.145. The second-order valence-electron chi connectivity index (χ2n) is 11.4.